The van der Waals surface area contributed by atoms with E-state index in [1.165, 1.54) is 36.4 Å². The van der Waals surface area contributed by atoms with E-state index in [0.29, 0.717) is 10.6 Å². The van der Waals surface area contributed by atoms with Crippen molar-refractivity contribution in [3.63, 3.8) is 0 Å². The predicted molar refractivity (Wildman–Crippen MR) is 89.4 cm³/mol. The molecule has 0 bridgehead atoms. The Morgan fingerprint density at radius 1 is 1.16 bits per heavy atom. The molecule has 25 heavy (non-hydrogen) atoms. The van der Waals surface area contributed by atoms with Gasteiger partial charge in [0.25, 0.3) is 11.6 Å². The first-order valence-electron chi connectivity index (χ1n) is 6.98. The Morgan fingerprint density at radius 3 is 2.48 bits per heavy atom. The molecule has 0 heterocycles. The third-order valence-corrected chi connectivity index (χ3v) is 3.90. The number of hydrogen-bond donors (Lipinski definition) is 1. The Kier molecular flexibility index (Phi) is 5.95. The topological polar surface area (TPSA) is 112 Å². The molecule has 2 aromatic rings. The third-order valence-electron chi connectivity index (χ3n) is 3.33. The SMILES string of the molecule is O=C([O-])C[C@H](NC(=O)c1cccc([N+](=O)[O-])c1)c1ccc(Cl)cc1Cl. The van der Waals surface area contributed by atoms with Gasteiger partial charge >= 0.3 is 0 Å². The number of benzene rings is 2. The number of nitrogens with one attached hydrogen (secondary N) is 1. The van der Waals surface area contributed by atoms with Crippen molar-refractivity contribution in [2.75, 3.05) is 0 Å². The summed E-state index contributed by atoms with van der Waals surface area (Å²) in [4.78, 5) is 33.5. The fourth-order valence-electron chi connectivity index (χ4n) is 2.19. The number of nitrogens with zero attached hydrogens (tertiary/aromatic N) is 1. The van der Waals surface area contributed by atoms with Crippen LogP contribution in [0, 0.1) is 10.1 Å². The molecule has 7 nitrogen and oxygen atoms in total. The molecule has 0 saturated heterocycles. The van der Waals surface area contributed by atoms with E-state index in [1.54, 1.807) is 0 Å². The molecule has 0 aromatic heterocycles. The second-order valence-electron chi connectivity index (χ2n) is 5.08. The maximum atomic E-state index is 12.3. The number of amides is 1. The van der Waals surface area contributed by atoms with Crippen molar-refractivity contribution in [1.82, 2.24) is 5.32 Å². The van der Waals surface area contributed by atoms with Gasteiger partial charge in [-0.15, -0.1) is 0 Å². The van der Waals surface area contributed by atoms with Crippen LogP contribution in [0.4, 0.5) is 5.69 Å². The van der Waals surface area contributed by atoms with Crippen molar-refractivity contribution in [3.05, 3.63) is 73.8 Å². The van der Waals surface area contributed by atoms with Gasteiger partial charge in [-0.25, -0.2) is 0 Å². The van der Waals surface area contributed by atoms with Crippen LogP contribution < -0.4 is 10.4 Å². The van der Waals surface area contributed by atoms with Crippen molar-refractivity contribution >= 4 is 40.8 Å². The molecule has 0 spiro atoms. The van der Waals surface area contributed by atoms with Crippen LogP contribution in [0.2, 0.25) is 10.0 Å². The highest BCUT2D eigenvalue weighted by Gasteiger charge is 2.20. The van der Waals surface area contributed by atoms with E-state index < -0.39 is 29.3 Å². The van der Waals surface area contributed by atoms with Gasteiger partial charge < -0.3 is 15.2 Å². The number of non-ortho nitro benzene ring substituents is 1. The minimum atomic E-state index is -1.39. The Bertz CT molecular complexity index is 841. The highest BCUT2D eigenvalue weighted by Crippen LogP contribution is 2.28. The minimum Gasteiger partial charge on any atom is -0.550 e. The highest BCUT2D eigenvalue weighted by molar-refractivity contribution is 6.35. The number of carboxylic acids is 1. The normalized spacial score (nSPS) is 11.6. The number of rotatable bonds is 6. The lowest BCUT2D eigenvalue weighted by Crippen LogP contribution is -2.34. The number of carbonyl (C=O) groups is 2. The van der Waals surface area contributed by atoms with Crippen LogP contribution in [0.1, 0.15) is 28.4 Å². The molecule has 130 valence electrons. The molecule has 1 amide bonds. The number of halogens is 2. The van der Waals surface area contributed by atoms with Crippen molar-refractivity contribution in [2.45, 2.75) is 12.5 Å². The molecular formula is C16H11Cl2N2O5-. The van der Waals surface area contributed by atoms with Gasteiger partial charge in [-0.3, -0.25) is 14.9 Å². The summed E-state index contributed by atoms with van der Waals surface area (Å²) in [6.45, 7) is 0. The largest absolute Gasteiger partial charge is 0.550 e. The molecule has 0 aliphatic carbocycles. The maximum absolute atomic E-state index is 12.3. The molecule has 2 rings (SSSR count). The van der Waals surface area contributed by atoms with E-state index >= 15 is 0 Å². The van der Waals surface area contributed by atoms with E-state index in [1.807, 2.05) is 0 Å². The van der Waals surface area contributed by atoms with E-state index in [-0.39, 0.29) is 16.3 Å². The van der Waals surface area contributed by atoms with Crippen molar-refractivity contribution in [1.29, 1.82) is 0 Å². The maximum Gasteiger partial charge on any atom is 0.270 e. The third kappa shape index (κ3) is 4.91. The van der Waals surface area contributed by atoms with Gasteiger partial charge in [0.2, 0.25) is 0 Å². The number of hydrogen-bond acceptors (Lipinski definition) is 5. The Labute approximate surface area is 152 Å². The summed E-state index contributed by atoms with van der Waals surface area (Å²) < 4.78 is 0. The van der Waals surface area contributed by atoms with Crippen LogP contribution in [0.3, 0.4) is 0 Å². The number of nitro groups is 1. The lowest BCUT2D eigenvalue weighted by molar-refractivity contribution is -0.384. The standard InChI is InChI=1S/C16H12Cl2N2O5/c17-10-4-5-12(13(18)7-10)14(8-15(21)22)19-16(23)9-2-1-3-11(6-9)20(24)25/h1-7,14H,8H2,(H,19,23)(H,21,22)/p-1/t14-/m0/s1. The van der Waals surface area contributed by atoms with Crippen LogP contribution in [-0.4, -0.2) is 16.8 Å². The monoisotopic (exact) mass is 381 g/mol. The average Bonchev–Trinajstić information content (AvgIpc) is 2.54. The summed E-state index contributed by atoms with van der Waals surface area (Å²) in [6, 6.07) is 8.50. The van der Waals surface area contributed by atoms with Gasteiger partial charge in [0, 0.05) is 40.1 Å². The molecule has 0 fully saturated rings. The van der Waals surface area contributed by atoms with Crippen molar-refractivity contribution in [2.24, 2.45) is 0 Å². The molecular weight excluding hydrogens is 371 g/mol. The smallest absolute Gasteiger partial charge is 0.270 e. The number of carboxylic acid groups (broad SMARTS) is 1. The zero-order valence-corrected chi connectivity index (χ0v) is 14.1. The number of carbonyl (C=O) groups excluding carboxylic acids is 2. The quantitative estimate of drug-likeness (QED) is 0.609. The van der Waals surface area contributed by atoms with Gasteiger partial charge in [0.15, 0.2) is 0 Å². The van der Waals surface area contributed by atoms with E-state index in [2.05, 4.69) is 5.32 Å². The van der Waals surface area contributed by atoms with Crippen molar-refractivity contribution < 1.29 is 19.6 Å². The molecule has 0 saturated carbocycles. The van der Waals surface area contributed by atoms with Crippen LogP contribution in [0.15, 0.2) is 42.5 Å². The number of aliphatic carboxylic acids is 1. The lowest BCUT2D eigenvalue weighted by Gasteiger charge is -2.21. The fourth-order valence-corrected chi connectivity index (χ4v) is 2.73. The molecule has 0 unspecified atom stereocenters. The van der Waals surface area contributed by atoms with Crippen LogP contribution >= 0.6 is 23.2 Å². The second-order valence-corrected chi connectivity index (χ2v) is 5.92. The molecule has 0 aliphatic heterocycles. The molecule has 2 aromatic carbocycles. The minimum absolute atomic E-state index is 0.0163. The fraction of sp³-hybridized carbons (Fsp3) is 0.125. The van der Waals surface area contributed by atoms with Gasteiger partial charge in [-0.1, -0.05) is 35.3 Å². The van der Waals surface area contributed by atoms with Gasteiger partial charge in [0.05, 0.1) is 11.0 Å². The Hall–Kier alpha value is -2.64. The van der Waals surface area contributed by atoms with Gasteiger partial charge in [0.1, 0.15) is 0 Å². The Morgan fingerprint density at radius 2 is 1.88 bits per heavy atom. The first kappa shape index (κ1) is 18.7. The average molecular weight is 382 g/mol. The molecule has 1 atom stereocenters. The molecule has 1 N–H and O–H groups in total. The zero-order valence-electron chi connectivity index (χ0n) is 12.6. The summed E-state index contributed by atoms with van der Waals surface area (Å²) in [7, 11) is 0. The summed E-state index contributed by atoms with van der Waals surface area (Å²) in [5.41, 5.74) is 0.102. The predicted octanol–water partition coefficient (Wildman–Crippen LogP) is 2.51. The Balaban J connectivity index is 2.30. The van der Waals surface area contributed by atoms with Gasteiger partial charge in [-0.2, -0.15) is 0 Å². The van der Waals surface area contributed by atoms with Crippen LogP contribution in [0.5, 0.6) is 0 Å². The zero-order chi connectivity index (χ0) is 18.6. The van der Waals surface area contributed by atoms with E-state index in [0.717, 1.165) is 6.07 Å². The molecule has 0 aliphatic rings. The summed E-state index contributed by atoms with van der Waals surface area (Å²) in [6.07, 6.45) is -0.526. The van der Waals surface area contributed by atoms with Crippen LogP contribution in [0.25, 0.3) is 0 Å². The highest BCUT2D eigenvalue weighted by atomic mass is 35.5. The van der Waals surface area contributed by atoms with E-state index in [4.69, 9.17) is 23.2 Å². The van der Waals surface area contributed by atoms with E-state index in [9.17, 15) is 24.8 Å². The molecule has 0 radical (unpaired) electrons. The molecule has 9 heteroatoms. The van der Waals surface area contributed by atoms with Crippen molar-refractivity contribution in [3.8, 4) is 0 Å². The van der Waals surface area contributed by atoms with Gasteiger partial charge in [-0.05, 0) is 23.8 Å². The summed E-state index contributed by atoms with van der Waals surface area (Å²) >= 11 is 11.9. The second kappa shape index (κ2) is 7.96. The lowest BCUT2D eigenvalue weighted by atomic mass is 10.0. The summed E-state index contributed by atoms with van der Waals surface area (Å²) in [5, 5.41) is 24.8. The first-order chi connectivity index (χ1) is 11.8. The van der Waals surface area contributed by atoms with Crippen LogP contribution in [-0.2, 0) is 4.79 Å². The summed E-state index contributed by atoms with van der Waals surface area (Å²) in [5.74, 6) is -2.07. The number of nitro benzene ring substituents is 1. The first-order valence-corrected chi connectivity index (χ1v) is 7.73.